The van der Waals surface area contributed by atoms with Crippen LogP contribution in [0.1, 0.15) is 20.8 Å². The molecule has 0 saturated carbocycles. The van der Waals surface area contributed by atoms with E-state index in [9.17, 15) is 9.59 Å². The number of amides is 2. The van der Waals surface area contributed by atoms with Crippen LogP contribution in [0.2, 0.25) is 0 Å². The predicted octanol–water partition coefficient (Wildman–Crippen LogP) is -0.896. The van der Waals surface area contributed by atoms with Crippen molar-refractivity contribution in [1.82, 2.24) is 21.5 Å². The van der Waals surface area contributed by atoms with Crippen molar-refractivity contribution in [2.24, 2.45) is 0 Å². The van der Waals surface area contributed by atoms with Crippen molar-refractivity contribution in [3.05, 3.63) is 0 Å². The monoisotopic (exact) mass is 244 g/mol. The van der Waals surface area contributed by atoms with E-state index in [0.717, 1.165) is 13.1 Å². The van der Waals surface area contributed by atoms with Crippen LogP contribution in [0.5, 0.6) is 0 Å². The molecule has 98 valence electrons. The van der Waals surface area contributed by atoms with Gasteiger partial charge in [0.1, 0.15) is 11.6 Å². The van der Waals surface area contributed by atoms with Crippen LogP contribution in [-0.2, 0) is 9.53 Å². The molecule has 7 heteroatoms. The Balaban J connectivity index is 2.25. The van der Waals surface area contributed by atoms with E-state index in [-0.39, 0.29) is 11.9 Å². The molecular weight excluding hydrogens is 224 g/mol. The van der Waals surface area contributed by atoms with Gasteiger partial charge in [0.25, 0.3) is 5.91 Å². The van der Waals surface area contributed by atoms with E-state index in [1.165, 1.54) is 0 Å². The van der Waals surface area contributed by atoms with Gasteiger partial charge in [0.2, 0.25) is 0 Å². The maximum atomic E-state index is 11.6. The number of nitrogens with one attached hydrogen (secondary N) is 4. The molecule has 1 rings (SSSR count). The maximum absolute atomic E-state index is 11.6. The Hall–Kier alpha value is -1.34. The molecule has 0 aromatic rings. The van der Waals surface area contributed by atoms with E-state index < -0.39 is 11.7 Å². The first-order valence-corrected chi connectivity index (χ1v) is 5.61. The zero-order chi connectivity index (χ0) is 12.9. The molecule has 0 radical (unpaired) electrons. The molecule has 1 aliphatic rings. The van der Waals surface area contributed by atoms with Gasteiger partial charge in [-0.25, -0.2) is 10.2 Å². The van der Waals surface area contributed by atoms with Crippen molar-refractivity contribution < 1.29 is 14.3 Å². The van der Waals surface area contributed by atoms with Crippen LogP contribution in [0.25, 0.3) is 0 Å². The molecule has 0 aliphatic carbocycles. The Bertz CT molecular complexity index is 282. The van der Waals surface area contributed by atoms with Gasteiger partial charge in [-0.3, -0.25) is 10.2 Å². The van der Waals surface area contributed by atoms with E-state index in [1.54, 1.807) is 20.8 Å². The molecule has 7 nitrogen and oxygen atoms in total. The third-order valence-electron chi connectivity index (χ3n) is 2.04. The first-order chi connectivity index (χ1) is 7.88. The minimum atomic E-state index is -0.672. The molecule has 0 aromatic carbocycles. The quantitative estimate of drug-likeness (QED) is 0.449. The highest BCUT2D eigenvalue weighted by atomic mass is 16.6. The second-order valence-corrected chi connectivity index (χ2v) is 4.83. The Kier molecular flexibility index (Phi) is 4.71. The first-order valence-electron chi connectivity index (χ1n) is 5.61. The summed E-state index contributed by atoms with van der Waals surface area (Å²) in [5.74, 6) is -0.289. The number of rotatable bonds is 1. The van der Waals surface area contributed by atoms with Crippen LogP contribution < -0.4 is 21.5 Å². The van der Waals surface area contributed by atoms with Gasteiger partial charge < -0.3 is 15.4 Å². The average Bonchev–Trinajstić information content (AvgIpc) is 2.25. The fourth-order valence-corrected chi connectivity index (χ4v) is 1.34. The molecule has 1 aliphatic heterocycles. The van der Waals surface area contributed by atoms with Gasteiger partial charge in [-0.1, -0.05) is 0 Å². The minimum Gasteiger partial charge on any atom is -0.443 e. The minimum absolute atomic E-state index is 0.289. The lowest BCUT2D eigenvalue weighted by Crippen LogP contribution is -2.58. The van der Waals surface area contributed by atoms with Crippen LogP contribution in [-0.4, -0.2) is 43.3 Å². The van der Waals surface area contributed by atoms with Crippen LogP contribution in [0.4, 0.5) is 4.79 Å². The van der Waals surface area contributed by atoms with Gasteiger partial charge in [0, 0.05) is 19.6 Å². The van der Waals surface area contributed by atoms with Crippen molar-refractivity contribution in [3.8, 4) is 0 Å². The predicted molar refractivity (Wildman–Crippen MR) is 62.2 cm³/mol. The number of hydrazine groups is 1. The number of hydrogen-bond donors (Lipinski definition) is 4. The second kappa shape index (κ2) is 5.83. The number of piperazine rings is 1. The standard InChI is InChI=1S/C10H20N4O3/c1-10(2,3)17-9(16)14-13-8(15)7-6-11-4-5-12-7/h7,11-12H,4-6H2,1-3H3,(H,13,15)(H,14,16)/t7-/m0/s1. The molecule has 0 aromatic heterocycles. The van der Waals surface area contributed by atoms with Gasteiger partial charge in [-0.05, 0) is 20.8 Å². The van der Waals surface area contributed by atoms with Gasteiger partial charge in [-0.2, -0.15) is 0 Å². The normalized spacial score (nSPS) is 20.5. The highest BCUT2D eigenvalue weighted by Crippen LogP contribution is 2.05. The van der Waals surface area contributed by atoms with Gasteiger partial charge in [0.15, 0.2) is 0 Å². The molecule has 1 fully saturated rings. The molecule has 0 spiro atoms. The molecule has 4 N–H and O–H groups in total. The largest absolute Gasteiger partial charge is 0.443 e. The fraction of sp³-hybridized carbons (Fsp3) is 0.800. The highest BCUT2D eigenvalue weighted by molar-refractivity contribution is 5.84. The van der Waals surface area contributed by atoms with Crippen LogP contribution in [0.3, 0.4) is 0 Å². The Morgan fingerprint density at radius 3 is 2.47 bits per heavy atom. The topological polar surface area (TPSA) is 91.5 Å². The van der Waals surface area contributed by atoms with Crippen LogP contribution >= 0.6 is 0 Å². The van der Waals surface area contributed by atoms with E-state index in [0.29, 0.717) is 6.54 Å². The lowest BCUT2D eigenvalue weighted by molar-refractivity contribution is -0.124. The van der Waals surface area contributed by atoms with Crippen molar-refractivity contribution in [2.45, 2.75) is 32.4 Å². The Labute approximate surface area is 101 Å². The summed E-state index contributed by atoms with van der Waals surface area (Å²) in [6.07, 6.45) is -0.672. The van der Waals surface area contributed by atoms with E-state index >= 15 is 0 Å². The molecule has 1 atom stereocenters. The summed E-state index contributed by atoms with van der Waals surface area (Å²) >= 11 is 0. The molecule has 2 amide bonds. The summed E-state index contributed by atoms with van der Waals surface area (Å²) in [6, 6.07) is -0.335. The zero-order valence-electron chi connectivity index (χ0n) is 10.4. The molecule has 1 heterocycles. The van der Waals surface area contributed by atoms with Gasteiger partial charge in [0.05, 0.1) is 0 Å². The first kappa shape index (κ1) is 13.7. The number of hydrogen-bond acceptors (Lipinski definition) is 5. The van der Waals surface area contributed by atoms with Crippen molar-refractivity contribution in [3.63, 3.8) is 0 Å². The lowest BCUT2D eigenvalue weighted by Gasteiger charge is -2.24. The fourth-order valence-electron chi connectivity index (χ4n) is 1.34. The van der Waals surface area contributed by atoms with Gasteiger partial charge in [-0.15, -0.1) is 0 Å². The summed E-state index contributed by atoms with van der Waals surface area (Å²) in [7, 11) is 0. The molecule has 0 bridgehead atoms. The zero-order valence-corrected chi connectivity index (χ0v) is 10.4. The second-order valence-electron chi connectivity index (χ2n) is 4.83. The summed E-state index contributed by atoms with van der Waals surface area (Å²) in [4.78, 5) is 22.8. The molecular formula is C10H20N4O3. The van der Waals surface area contributed by atoms with Gasteiger partial charge >= 0.3 is 6.09 Å². The van der Waals surface area contributed by atoms with Crippen molar-refractivity contribution in [2.75, 3.05) is 19.6 Å². The SMILES string of the molecule is CC(C)(C)OC(=O)NNC(=O)[C@@H]1CNCCN1. The number of carbonyl (C=O) groups excluding carboxylic acids is 2. The summed E-state index contributed by atoms with van der Waals surface area (Å²) in [5.41, 5.74) is 3.93. The molecule has 17 heavy (non-hydrogen) atoms. The number of ether oxygens (including phenoxy) is 1. The maximum Gasteiger partial charge on any atom is 0.426 e. The number of carbonyl (C=O) groups is 2. The van der Waals surface area contributed by atoms with Crippen LogP contribution in [0, 0.1) is 0 Å². The Morgan fingerprint density at radius 1 is 1.24 bits per heavy atom. The highest BCUT2D eigenvalue weighted by Gasteiger charge is 2.21. The van der Waals surface area contributed by atoms with Crippen molar-refractivity contribution in [1.29, 1.82) is 0 Å². The smallest absolute Gasteiger partial charge is 0.426 e. The summed E-state index contributed by atoms with van der Waals surface area (Å²) < 4.78 is 4.97. The Morgan fingerprint density at radius 2 is 1.94 bits per heavy atom. The van der Waals surface area contributed by atoms with Crippen LogP contribution in [0.15, 0.2) is 0 Å². The third-order valence-corrected chi connectivity index (χ3v) is 2.04. The third kappa shape index (κ3) is 5.50. The molecule has 0 unspecified atom stereocenters. The molecule has 1 saturated heterocycles. The summed E-state index contributed by atoms with van der Waals surface area (Å²) in [5, 5.41) is 6.10. The van der Waals surface area contributed by atoms with E-state index in [4.69, 9.17) is 4.74 Å². The summed E-state index contributed by atoms with van der Waals surface area (Å²) in [6.45, 7) is 7.36. The van der Waals surface area contributed by atoms with E-state index in [1.807, 2.05) is 0 Å². The average molecular weight is 244 g/mol. The van der Waals surface area contributed by atoms with Crippen molar-refractivity contribution >= 4 is 12.0 Å². The van der Waals surface area contributed by atoms with E-state index in [2.05, 4.69) is 21.5 Å². The lowest BCUT2D eigenvalue weighted by atomic mass is 10.2.